The largest absolute Gasteiger partial charge is 0.399 e. The third-order valence-corrected chi connectivity index (χ3v) is 2.61. The van der Waals surface area contributed by atoms with Crippen molar-refractivity contribution in [3.8, 4) is 0 Å². The van der Waals surface area contributed by atoms with Crippen LogP contribution in [-0.4, -0.2) is 18.6 Å². The molecule has 1 aromatic rings. The number of benzene rings is 1. The Hall–Kier alpha value is -1.55. The van der Waals surface area contributed by atoms with Gasteiger partial charge in [-0.3, -0.25) is 4.79 Å². The van der Waals surface area contributed by atoms with Gasteiger partial charge in [-0.25, -0.2) is 0 Å². The van der Waals surface area contributed by atoms with Crippen LogP contribution in [0, 0.1) is 0 Å². The number of amides is 1. The summed E-state index contributed by atoms with van der Waals surface area (Å²) in [5, 5.41) is 2.81. The SMILES string of the molecule is Nc1cccc(NC(=O)CC2CCCO2)c1. The molecular formula is C12H16N2O2. The molecule has 4 nitrogen and oxygen atoms in total. The molecule has 0 aromatic heterocycles. The van der Waals surface area contributed by atoms with Crippen LogP contribution in [0.5, 0.6) is 0 Å². The van der Waals surface area contributed by atoms with E-state index in [4.69, 9.17) is 10.5 Å². The van der Waals surface area contributed by atoms with Crippen LogP contribution in [0.4, 0.5) is 11.4 Å². The Bertz CT molecular complexity index is 373. The van der Waals surface area contributed by atoms with E-state index >= 15 is 0 Å². The summed E-state index contributed by atoms with van der Waals surface area (Å²) < 4.78 is 5.40. The summed E-state index contributed by atoms with van der Waals surface area (Å²) in [5.74, 6) is -0.0162. The number of nitrogens with two attached hydrogens (primary N) is 1. The number of nitrogens with one attached hydrogen (secondary N) is 1. The van der Waals surface area contributed by atoms with Crippen molar-refractivity contribution in [2.75, 3.05) is 17.7 Å². The molecule has 1 unspecified atom stereocenters. The number of hydrogen-bond acceptors (Lipinski definition) is 3. The molecule has 1 fully saturated rings. The fraction of sp³-hybridized carbons (Fsp3) is 0.417. The molecule has 86 valence electrons. The van der Waals surface area contributed by atoms with E-state index in [2.05, 4.69) is 5.32 Å². The van der Waals surface area contributed by atoms with Crippen molar-refractivity contribution in [3.63, 3.8) is 0 Å². The van der Waals surface area contributed by atoms with E-state index < -0.39 is 0 Å². The standard InChI is InChI=1S/C12H16N2O2/c13-9-3-1-4-10(7-9)14-12(15)8-11-5-2-6-16-11/h1,3-4,7,11H,2,5-6,8,13H2,(H,14,15). The van der Waals surface area contributed by atoms with Crippen LogP contribution in [-0.2, 0) is 9.53 Å². The maximum absolute atomic E-state index is 11.6. The van der Waals surface area contributed by atoms with Gasteiger partial charge in [0.15, 0.2) is 0 Å². The summed E-state index contributed by atoms with van der Waals surface area (Å²) in [6.07, 6.45) is 2.54. The van der Waals surface area contributed by atoms with Crippen molar-refractivity contribution in [2.24, 2.45) is 0 Å². The normalized spacial score (nSPS) is 19.6. The van der Waals surface area contributed by atoms with E-state index in [1.165, 1.54) is 0 Å². The van der Waals surface area contributed by atoms with Crippen molar-refractivity contribution in [3.05, 3.63) is 24.3 Å². The molecule has 1 aliphatic rings. The Kier molecular flexibility index (Phi) is 3.41. The second-order valence-corrected chi connectivity index (χ2v) is 4.01. The van der Waals surface area contributed by atoms with Gasteiger partial charge < -0.3 is 15.8 Å². The molecule has 16 heavy (non-hydrogen) atoms. The predicted molar refractivity (Wildman–Crippen MR) is 63.1 cm³/mol. The van der Waals surface area contributed by atoms with E-state index in [9.17, 15) is 4.79 Å². The van der Waals surface area contributed by atoms with Gasteiger partial charge in [0.05, 0.1) is 12.5 Å². The van der Waals surface area contributed by atoms with Crippen molar-refractivity contribution in [2.45, 2.75) is 25.4 Å². The molecule has 1 aliphatic heterocycles. The van der Waals surface area contributed by atoms with Gasteiger partial charge in [0.2, 0.25) is 5.91 Å². The maximum Gasteiger partial charge on any atom is 0.226 e. The predicted octanol–water partition coefficient (Wildman–Crippen LogP) is 1.78. The van der Waals surface area contributed by atoms with Gasteiger partial charge in [-0.05, 0) is 31.0 Å². The van der Waals surface area contributed by atoms with E-state index in [0.29, 0.717) is 12.1 Å². The van der Waals surface area contributed by atoms with Gasteiger partial charge in [0.25, 0.3) is 0 Å². The number of ether oxygens (including phenoxy) is 1. The molecule has 0 saturated carbocycles. The van der Waals surface area contributed by atoms with Crippen LogP contribution in [0.2, 0.25) is 0 Å². The Labute approximate surface area is 94.8 Å². The molecule has 3 N–H and O–H groups in total. The summed E-state index contributed by atoms with van der Waals surface area (Å²) >= 11 is 0. The molecule has 1 heterocycles. The van der Waals surface area contributed by atoms with Gasteiger partial charge in [0.1, 0.15) is 0 Å². The van der Waals surface area contributed by atoms with Crippen LogP contribution in [0.25, 0.3) is 0 Å². The highest BCUT2D eigenvalue weighted by Crippen LogP contribution is 2.17. The molecule has 1 saturated heterocycles. The lowest BCUT2D eigenvalue weighted by Gasteiger charge is -2.09. The number of carbonyl (C=O) groups excluding carboxylic acids is 1. The lowest BCUT2D eigenvalue weighted by atomic mass is 10.1. The van der Waals surface area contributed by atoms with E-state index in [1.54, 1.807) is 12.1 Å². The minimum Gasteiger partial charge on any atom is -0.399 e. The minimum absolute atomic E-state index is 0.0162. The minimum atomic E-state index is -0.0162. The molecule has 0 bridgehead atoms. The summed E-state index contributed by atoms with van der Waals surface area (Å²) in [4.78, 5) is 11.6. The number of rotatable bonds is 3. The molecule has 1 atom stereocenters. The topological polar surface area (TPSA) is 64.3 Å². The third-order valence-electron chi connectivity index (χ3n) is 2.61. The lowest BCUT2D eigenvalue weighted by Crippen LogP contribution is -2.19. The smallest absolute Gasteiger partial charge is 0.226 e. The second-order valence-electron chi connectivity index (χ2n) is 4.01. The molecule has 0 aliphatic carbocycles. The third kappa shape index (κ3) is 2.97. The van der Waals surface area contributed by atoms with Gasteiger partial charge in [-0.1, -0.05) is 6.07 Å². The van der Waals surface area contributed by atoms with Gasteiger partial charge >= 0.3 is 0 Å². The summed E-state index contributed by atoms with van der Waals surface area (Å²) in [5.41, 5.74) is 7.01. The molecule has 0 spiro atoms. The highest BCUT2D eigenvalue weighted by atomic mass is 16.5. The van der Waals surface area contributed by atoms with Crippen molar-refractivity contribution >= 4 is 17.3 Å². The fourth-order valence-corrected chi connectivity index (χ4v) is 1.84. The summed E-state index contributed by atoms with van der Waals surface area (Å²) in [6, 6.07) is 7.17. The van der Waals surface area contributed by atoms with E-state index in [1.807, 2.05) is 12.1 Å². The Morgan fingerprint density at radius 3 is 3.12 bits per heavy atom. The highest BCUT2D eigenvalue weighted by molar-refractivity contribution is 5.91. The maximum atomic E-state index is 11.6. The molecule has 2 rings (SSSR count). The quantitative estimate of drug-likeness (QED) is 0.763. The average molecular weight is 220 g/mol. The molecule has 1 aromatic carbocycles. The molecule has 1 amide bonds. The number of anilines is 2. The van der Waals surface area contributed by atoms with E-state index in [-0.39, 0.29) is 12.0 Å². The number of hydrogen-bond donors (Lipinski definition) is 2. The van der Waals surface area contributed by atoms with Crippen LogP contribution >= 0.6 is 0 Å². The molecular weight excluding hydrogens is 204 g/mol. The Morgan fingerprint density at radius 2 is 2.44 bits per heavy atom. The zero-order chi connectivity index (χ0) is 11.4. The first-order chi connectivity index (χ1) is 7.74. The average Bonchev–Trinajstić information content (AvgIpc) is 2.70. The van der Waals surface area contributed by atoms with Crippen LogP contribution in [0.1, 0.15) is 19.3 Å². The van der Waals surface area contributed by atoms with E-state index in [0.717, 1.165) is 25.1 Å². The van der Waals surface area contributed by atoms with Crippen molar-refractivity contribution in [1.29, 1.82) is 0 Å². The second kappa shape index (κ2) is 4.99. The Morgan fingerprint density at radius 1 is 1.56 bits per heavy atom. The fourth-order valence-electron chi connectivity index (χ4n) is 1.84. The first-order valence-electron chi connectivity index (χ1n) is 5.51. The van der Waals surface area contributed by atoms with Crippen molar-refractivity contribution in [1.82, 2.24) is 0 Å². The van der Waals surface area contributed by atoms with Gasteiger partial charge in [-0.2, -0.15) is 0 Å². The van der Waals surface area contributed by atoms with Crippen LogP contribution in [0.15, 0.2) is 24.3 Å². The lowest BCUT2D eigenvalue weighted by molar-refractivity contribution is -0.118. The monoisotopic (exact) mass is 220 g/mol. The first-order valence-corrected chi connectivity index (χ1v) is 5.51. The zero-order valence-corrected chi connectivity index (χ0v) is 9.11. The molecule has 0 radical (unpaired) electrons. The molecule has 4 heteroatoms. The number of carbonyl (C=O) groups is 1. The van der Waals surface area contributed by atoms with Crippen LogP contribution < -0.4 is 11.1 Å². The van der Waals surface area contributed by atoms with Crippen molar-refractivity contribution < 1.29 is 9.53 Å². The highest BCUT2D eigenvalue weighted by Gasteiger charge is 2.18. The van der Waals surface area contributed by atoms with Crippen LogP contribution in [0.3, 0.4) is 0 Å². The Balaban J connectivity index is 1.86. The summed E-state index contributed by atoms with van der Waals surface area (Å²) in [7, 11) is 0. The zero-order valence-electron chi connectivity index (χ0n) is 9.11. The first kappa shape index (κ1) is 11.0. The van der Waals surface area contributed by atoms with Gasteiger partial charge in [0, 0.05) is 18.0 Å². The van der Waals surface area contributed by atoms with Gasteiger partial charge in [-0.15, -0.1) is 0 Å². The number of nitrogen functional groups attached to an aromatic ring is 1. The summed E-state index contributed by atoms with van der Waals surface area (Å²) in [6.45, 7) is 0.774.